The molecular weight excluding hydrogens is 274 g/mol. The van der Waals surface area contributed by atoms with Crippen LogP contribution in [0.5, 0.6) is 0 Å². The van der Waals surface area contributed by atoms with Gasteiger partial charge in [0.1, 0.15) is 0 Å². The van der Waals surface area contributed by atoms with Crippen LogP contribution < -0.4 is 16.0 Å². The van der Waals surface area contributed by atoms with Crippen LogP contribution in [0.1, 0.15) is 24.2 Å². The van der Waals surface area contributed by atoms with Gasteiger partial charge in [-0.15, -0.1) is 0 Å². The first-order valence-corrected chi connectivity index (χ1v) is 6.13. The second kappa shape index (κ2) is 7.09. The van der Waals surface area contributed by atoms with E-state index >= 15 is 0 Å². The molecule has 1 aromatic rings. The van der Waals surface area contributed by atoms with Gasteiger partial charge in [0, 0.05) is 19.2 Å². The van der Waals surface area contributed by atoms with Crippen molar-refractivity contribution in [3.63, 3.8) is 0 Å². The number of hydrogen-bond acceptors (Lipinski definition) is 3. The Morgan fingerprint density at radius 3 is 2.38 bits per heavy atom. The molecule has 3 amide bonds. The van der Waals surface area contributed by atoms with Gasteiger partial charge in [0.15, 0.2) is 0 Å². The Morgan fingerprint density at radius 1 is 1.19 bits per heavy atom. The van der Waals surface area contributed by atoms with Crippen LogP contribution in [-0.4, -0.2) is 29.6 Å². The summed E-state index contributed by atoms with van der Waals surface area (Å²) >= 11 is 0. The van der Waals surface area contributed by atoms with Crippen LogP contribution in [0.4, 0.5) is 16.2 Å². The van der Waals surface area contributed by atoms with E-state index in [4.69, 9.17) is 5.11 Å². The van der Waals surface area contributed by atoms with E-state index in [1.54, 1.807) is 6.92 Å². The van der Waals surface area contributed by atoms with Gasteiger partial charge in [-0.05, 0) is 25.1 Å². The molecule has 0 aliphatic rings. The average Bonchev–Trinajstić information content (AvgIpc) is 2.37. The highest BCUT2D eigenvalue weighted by molar-refractivity contribution is 6.01. The summed E-state index contributed by atoms with van der Waals surface area (Å²) in [5.41, 5.74) is 1.12. The van der Waals surface area contributed by atoms with E-state index in [1.165, 1.54) is 25.1 Å². The van der Waals surface area contributed by atoms with Gasteiger partial charge >= 0.3 is 12.0 Å². The molecule has 0 spiro atoms. The number of hydrogen-bond donors (Lipinski definition) is 4. The van der Waals surface area contributed by atoms with Gasteiger partial charge in [0.05, 0.1) is 11.3 Å². The Morgan fingerprint density at radius 2 is 1.86 bits per heavy atom. The van der Waals surface area contributed by atoms with Gasteiger partial charge < -0.3 is 21.1 Å². The average molecular weight is 291 g/mol. The Kier molecular flexibility index (Phi) is 5.48. The normalized spacial score (nSPS) is 9.62. The number of carbonyl (C=O) groups excluding carboxylic acids is 2. The number of nitrogens with one attached hydrogen (secondary N) is 3. The molecule has 0 heterocycles. The molecule has 0 unspecified atom stereocenters. The zero-order valence-corrected chi connectivity index (χ0v) is 11.8. The van der Waals surface area contributed by atoms with Gasteiger partial charge in [0.25, 0.3) is 0 Å². The molecule has 1 aromatic carbocycles. The first-order chi connectivity index (χ1) is 9.79. The van der Waals surface area contributed by atoms with Gasteiger partial charge in [-0.1, -0.05) is 12.2 Å². The molecule has 4 N–H and O–H groups in total. The predicted molar refractivity (Wildman–Crippen MR) is 79.5 cm³/mol. The van der Waals surface area contributed by atoms with Crippen molar-refractivity contribution < 1.29 is 19.5 Å². The van der Waals surface area contributed by atoms with Crippen LogP contribution in [0.3, 0.4) is 0 Å². The minimum atomic E-state index is -1.21. The van der Waals surface area contributed by atoms with Crippen LogP contribution in [0, 0.1) is 0 Å². The number of carboxylic acid groups (broad SMARTS) is 1. The number of benzene rings is 1. The van der Waals surface area contributed by atoms with Crippen molar-refractivity contribution in [3.8, 4) is 0 Å². The van der Waals surface area contributed by atoms with Gasteiger partial charge in [0.2, 0.25) is 5.91 Å². The lowest BCUT2D eigenvalue weighted by Gasteiger charge is -2.11. The predicted octanol–water partition coefficient (Wildman–Crippen LogP) is 2.04. The molecule has 0 bridgehead atoms. The summed E-state index contributed by atoms with van der Waals surface area (Å²) in [6, 6.07) is 3.66. The van der Waals surface area contributed by atoms with Crippen molar-refractivity contribution in [1.29, 1.82) is 0 Å². The Hall–Kier alpha value is -2.83. The summed E-state index contributed by atoms with van der Waals surface area (Å²) in [6.07, 6.45) is 0. The summed E-state index contributed by atoms with van der Waals surface area (Å²) in [4.78, 5) is 33.8. The zero-order chi connectivity index (χ0) is 16.0. The maximum atomic E-state index is 11.6. The standard InChI is InChI=1S/C14H17N3O4/c1-8(2)7-15-14(21)17-12-5-4-10(16-9(3)18)6-11(12)13(19)20/h4-6H,1,7H2,2-3H3,(H,16,18)(H,19,20)(H2,15,17,21). The molecule has 0 aliphatic carbocycles. The summed E-state index contributed by atoms with van der Waals surface area (Å²) in [6.45, 7) is 7.00. The van der Waals surface area contributed by atoms with Crippen LogP contribution in [-0.2, 0) is 4.79 Å². The number of aromatic carboxylic acids is 1. The fourth-order valence-corrected chi connectivity index (χ4v) is 1.51. The van der Waals surface area contributed by atoms with Crippen LogP contribution >= 0.6 is 0 Å². The molecule has 21 heavy (non-hydrogen) atoms. The second-order valence-corrected chi connectivity index (χ2v) is 4.51. The Labute approximate surface area is 122 Å². The van der Waals surface area contributed by atoms with E-state index in [9.17, 15) is 14.4 Å². The third kappa shape index (κ3) is 5.35. The lowest BCUT2D eigenvalue weighted by Crippen LogP contribution is -2.30. The molecule has 0 saturated carbocycles. The van der Waals surface area contributed by atoms with Crippen molar-refractivity contribution in [3.05, 3.63) is 35.9 Å². The lowest BCUT2D eigenvalue weighted by molar-refractivity contribution is -0.114. The van der Waals surface area contributed by atoms with Crippen molar-refractivity contribution in [1.82, 2.24) is 5.32 Å². The first-order valence-electron chi connectivity index (χ1n) is 6.13. The fourth-order valence-electron chi connectivity index (χ4n) is 1.51. The summed E-state index contributed by atoms with van der Waals surface area (Å²) in [7, 11) is 0. The number of urea groups is 1. The topological polar surface area (TPSA) is 108 Å². The molecule has 1 rings (SSSR count). The third-order valence-electron chi connectivity index (χ3n) is 2.37. The molecule has 7 heteroatoms. The molecule has 0 atom stereocenters. The van der Waals surface area contributed by atoms with Gasteiger partial charge in [-0.2, -0.15) is 0 Å². The molecule has 0 aliphatic heterocycles. The Bertz CT molecular complexity index is 596. The molecule has 0 fully saturated rings. The van der Waals surface area contributed by atoms with Crippen molar-refractivity contribution in [2.24, 2.45) is 0 Å². The van der Waals surface area contributed by atoms with E-state index in [0.717, 1.165) is 5.57 Å². The largest absolute Gasteiger partial charge is 0.478 e. The number of anilines is 2. The van der Waals surface area contributed by atoms with E-state index in [-0.39, 0.29) is 23.7 Å². The maximum Gasteiger partial charge on any atom is 0.337 e. The van der Waals surface area contributed by atoms with Crippen molar-refractivity contribution >= 4 is 29.3 Å². The molecule has 112 valence electrons. The van der Waals surface area contributed by atoms with Gasteiger partial charge in [-0.25, -0.2) is 9.59 Å². The van der Waals surface area contributed by atoms with Gasteiger partial charge in [-0.3, -0.25) is 4.79 Å². The monoisotopic (exact) mass is 291 g/mol. The summed E-state index contributed by atoms with van der Waals surface area (Å²) < 4.78 is 0. The molecule has 0 aromatic heterocycles. The highest BCUT2D eigenvalue weighted by atomic mass is 16.4. The van der Waals surface area contributed by atoms with Crippen molar-refractivity contribution in [2.75, 3.05) is 17.2 Å². The summed E-state index contributed by atoms with van der Waals surface area (Å²) in [5, 5.41) is 16.6. The Balaban J connectivity index is 2.91. The first kappa shape index (κ1) is 16.2. The maximum absolute atomic E-state index is 11.6. The SMILES string of the molecule is C=C(C)CNC(=O)Nc1ccc(NC(C)=O)cc1C(=O)O. The quantitative estimate of drug-likeness (QED) is 0.622. The molecule has 7 nitrogen and oxygen atoms in total. The summed E-state index contributed by atoms with van der Waals surface area (Å²) in [5.74, 6) is -1.52. The minimum absolute atomic E-state index is 0.119. The zero-order valence-electron chi connectivity index (χ0n) is 11.8. The van der Waals surface area contributed by atoms with Crippen LogP contribution in [0.25, 0.3) is 0 Å². The number of carboxylic acids is 1. The van der Waals surface area contributed by atoms with E-state index < -0.39 is 12.0 Å². The van der Waals surface area contributed by atoms with Crippen molar-refractivity contribution in [2.45, 2.75) is 13.8 Å². The minimum Gasteiger partial charge on any atom is -0.478 e. The number of rotatable bonds is 5. The van der Waals surface area contributed by atoms with Crippen LogP contribution in [0.2, 0.25) is 0 Å². The number of amides is 3. The highest BCUT2D eigenvalue weighted by Gasteiger charge is 2.13. The second-order valence-electron chi connectivity index (χ2n) is 4.51. The third-order valence-corrected chi connectivity index (χ3v) is 2.37. The molecule has 0 saturated heterocycles. The van der Waals surface area contributed by atoms with E-state index in [2.05, 4.69) is 22.5 Å². The highest BCUT2D eigenvalue weighted by Crippen LogP contribution is 2.20. The van der Waals surface area contributed by atoms with E-state index in [1.807, 2.05) is 0 Å². The number of carbonyl (C=O) groups is 3. The van der Waals surface area contributed by atoms with Crippen LogP contribution in [0.15, 0.2) is 30.4 Å². The lowest BCUT2D eigenvalue weighted by atomic mass is 10.1. The smallest absolute Gasteiger partial charge is 0.337 e. The molecule has 0 radical (unpaired) electrons. The van der Waals surface area contributed by atoms with E-state index in [0.29, 0.717) is 5.69 Å². The molecular formula is C14H17N3O4. The fraction of sp³-hybridized carbons (Fsp3) is 0.214.